The molecule has 1 aliphatic heterocycles. The van der Waals surface area contributed by atoms with Gasteiger partial charge < -0.3 is 23.9 Å². The summed E-state index contributed by atoms with van der Waals surface area (Å²) < 4.78 is 48.9. The van der Waals surface area contributed by atoms with E-state index < -0.39 is 15.9 Å². The Morgan fingerprint density at radius 1 is 1.06 bits per heavy atom. The van der Waals surface area contributed by atoms with E-state index in [9.17, 15) is 13.2 Å². The molecular weight excluding hydrogens is 436 g/mol. The van der Waals surface area contributed by atoms with Gasteiger partial charge in [-0.3, -0.25) is 4.79 Å². The first-order chi connectivity index (χ1) is 15.3. The number of morpholine rings is 1. The number of anilines is 1. The van der Waals surface area contributed by atoms with Gasteiger partial charge in [-0.15, -0.1) is 0 Å². The van der Waals surface area contributed by atoms with E-state index in [1.54, 1.807) is 32.2 Å². The normalized spacial score (nSPS) is 15.0. The van der Waals surface area contributed by atoms with Crippen molar-refractivity contribution in [2.45, 2.75) is 11.8 Å². The number of nitrogens with zero attached hydrogens (tertiary/aromatic N) is 1. The molecule has 0 atom stereocenters. The van der Waals surface area contributed by atoms with Crippen LogP contribution in [0.5, 0.6) is 11.5 Å². The fraction of sp³-hybridized carbons (Fsp3) is 0.318. The predicted octanol–water partition coefficient (Wildman–Crippen LogP) is 3.03. The Hall–Kier alpha value is -3.08. The van der Waals surface area contributed by atoms with Gasteiger partial charge in [0.1, 0.15) is 17.1 Å². The monoisotopic (exact) mass is 460 g/mol. The van der Waals surface area contributed by atoms with Gasteiger partial charge in [0.25, 0.3) is 5.91 Å². The lowest BCUT2D eigenvalue weighted by Gasteiger charge is -2.26. The highest BCUT2D eigenvalue weighted by atomic mass is 32.2. The molecule has 0 radical (unpaired) electrons. The van der Waals surface area contributed by atoms with Gasteiger partial charge in [-0.2, -0.15) is 4.31 Å². The van der Waals surface area contributed by atoms with Crippen molar-refractivity contribution < 1.29 is 31.8 Å². The van der Waals surface area contributed by atoms with Gasteiger partial charge in [-0.1, -0.05) is 0 Å². The molecule has 0 aliphatic carbocycles. The molecular formula is C22H24N2O7S. The van der Waals surface area contributed by atoms with E-state index in [-0.39, 0.29) is 29.4 Å². The molecule has 1 N–H and O–H groups in total. The minimum Gasteiger partial charge on any atom is -0.497 e. The first-order valence-corrected chi connectivity index (χ1v) is 11.4. The summed E-state index contributed by atoms with van der Waals surface area (Å²) in [5, 5.41) is 3.48. The van der Waals surface area contributed by atoms with Crippen molar-refractivity contribution in [3.63, 3.8) is 0 Å². The average molecular weight is 461 g/mol. The maximum absolute atomic E-state index is 13.0. The second kappa shape index (κ2) is 8.81. The molecule has 10 heteroatoms. The molecule has 1 aromatic heterocycles. The SMILES string of the molecule is COc1ccc2oc(C(=O)Nc3cc(S(=O)(=O)N4CCOCC4)ccc3OC)c(C)c2c1. The number of nitrogens with one attached hydrogen (secondary N) is 1. The Morgan fingerprint density at radius 2 is 1.81 bits per heavy atom. The van der Waals surface area contributed by atoms with Gasteiger partial charge in [0.05, 0.1) is 38.0 Å². The number of sulfonamides is 1. The largest absolute Gasteiger partial charge is 0.497 e. The van der Waals surface area contributed by atoms with E-state index in [2.05, 4.69) is 5.32 Å². The summed E-state index contributed by atoms with van der Waals surface area (Å²) in [6.45, 7) is 3.01. The standard InChI is InChI=1S/C22H24N2O7S/c1-14-17-12-15(28-2)4-6-19(17)31-21(14)22(25)23-18-13-16(5-7-20(18)29-3)32(26,27)24-8-10-30-11-9-24/h4-7,12-13H,8-11H2,1-3H3,(H,23,25). The zero-order valence-corrected chi connectivity index (χ0v) is 18.8. The molecule has 1 saturated heterocycles. The number of ether oxygens (including phenoxy) is 3. The molecule has 2 heterocycles. The maximum atomic E-state index is 13.0. The Morgan fingerprint density at radius 3 is 2.50 bits per heavy atom. The second-order valence-corrected chi connectivity index (χ2v) is 9.19. The van der Waals surface area contributed by atoms with Gasteiger partial charge >= 0.3 is 0 Å². The Balaban J connectivity index is 1.66. The lowest BCUT2D eigenvalue weighted by molar-refractivity contribution is 0.0730. The van der Waals surface area contributed by atoms with Crippen LogP contribution >= 0.6 is 0 Å². The van der Waals surface area contributed by atoms with Crippen molar-refractivity contribution in [3.8, 4) is 11.5 Å². The summed E-state index contributed by atoms with van der Waals surface area (Å²) in [5.74, 6) is 0.583. The molecule has 1 aliphatic rings. The number of carbonyl (C=O) groups is 1. The van der Waals surface area contributed by atoms with E-state index in [0.717, 1.165) is 5.39 Å². The third kappa shape index (κ3) is 4.04. The Kier molecular flexibility index (Phi) is 6.09. The van der Waals surface area contributed by atoms with Gasteiger partial charge in [0.2, 0.25) is 10.0 Å². The quantitative estimate of drug-likeness (QED) is 0.602. The summed E-state index contributed by atoms with van der Waals surface area (Å²) in [6.07, 6.45) is 0. The Labute approximate surface area is 185 Å². The number of hydrogen-bond donors (Lipinski definition) is 1. The summed E-state index contributed by atoms with van der Waals surface area (Å²) in [6, 6.07) is 9.63. The molecule has 2 aromatic carbocycles. The van der Waals surface area contributed by atoms with Gasteiger partial charge in [0.15, 0.2) is 5.76 Å². The van der Waals surface area contributed by atoms with Crippen molar-refractivity contribution in [1.82, 2.24) is 4.31 Å². The number of benzene rings is 2. The molecule has 170 valence electrons. The molecule has 32 heavy (non-hydrogen) atoms. The van der Waals surface area contributed by atoms with Crippen molar-refractivity contribution in [1.29, 1.82) is 0 Å². The summed E-state index contributed by atoms with van der Waals surface area (Å²) in [4.78, 5) is 13.1. The summed E-state index contributed by atoms with van der Waals surface area (Å²) in [7, 11) is -0.729. The molecule has 0 spiro atoms. The maximum Gasteiger partial charge on any atom is 0.291 e. The highest BCUT2D eigenvalue weighted by Gasteiger charge is 2.28. The first-order valence-electron chi connectivity index (χ1n) is 9.99. The van der Waals surface area contributed by atoms with Gasteiger partial charge in [-0.05, 0) is 43.3 Å². The van der Waals surface area contributed by atoms with E-state index in [1.165, 1.54) is 29.6 Å². The third-order valence-corrected chi connectivity index (χ3v) is 7.27. The molecule has 4 rings (SSSR count). The van der Waals surface area contributed by atoms with Crippen molar-refractivity contribution in [3.05, 3.63) is 47.7 Å². The number of carbonyl (C=O) groups excluding carboxylic acids is 1. The molecule has 0 unspecified atom stereocenters. The highest BCUT2D eigenvalue weighted by Crippen LogP contribution is 2.32. The zero-order valence-electron chi connectivity index (χ0n) is 18.0. The smallest absolute Gasteiger partial charge is 0.291 e. The molecule has 0 bridgehead atoms. The number of methoxy groups -OCH3 is 2. The lowest BCUT2D eigenvalue weighted by atomic mass is 10.1. The number of fused-ring (bicyclic) bond motifs is 1. The minimum absolute atomic E-state index is 0.0570. The Bertz CT molecular complexity index is 1260. The van der Waals surface area contributed by atoms with Crippen LogP contribution in [0, 0.1) is 6.92 Å². The molecule has 9 nitrogen and oxygen atoms in total. The van der Waals surface area contributed by atoms with Gasteiger partial charge in [-0.25, -0.2) is 8.42 Å². The lowest BCUT2D eigenvalue weighted by Crippen LogP contribution is -2.40. The number of furan rings is 1. The van der Waals surface area contributed by atoms with Crippen molar-refractivity contribution in [2.75, 3.05) is 45.8 Å². The molecule has 1 amide bonds. The molecule has 0 saturated carbocycles. The van der Waals surface area contributed by atoms with Crippen LogP contribution in [0.2, 0.25) is 0 Å². The van der Waals surface area contributed by atoms with E-state index in [4.69, 9.17) is 18.6 Å². The van der Waals surface area contributed by atoms with Crippen LogP contribution in [-0.2, 0) is 14.8 Å². The molecule has 1 fully saturated rings. The minimum atomic E-state index is -3.74. The topological polar surface area (TPSA) is 107 Å². The van der Waals surface area contributed by atoms with Crippen LogP contribution in [0.1, 0.15) is 16.1 Å². The fourth-order valence-corrected chi connectivity index (χ4v) is 5.04. The van der Waals surface area contributed by atoms with E-state index >= 15 is 0 Å². The van der Waals surface area contributed by atoms with Crippen LogP contribution in [0.3, 0.4) is 0 Å². The van der Waals surface area contributed by atoms with Crippen molar-refractivity contribution in [2.24, 2.45) is 0 Å². The zero-order chi connectivity index (χ0) is 22.9. The number of aryl methyl sites for hydroxylation is 1. The average Bonchev–Trinajstić information content (AvgIpc) is 3.15. The van der Waals surface area contributed by atoms with Crippen LogP contribution in [0.25, 0.3) is 11.0 Å². The highest BCUT2D eigenvalue weighted by molar-refractivity contribution is 7.89. The number of rotatable bonds is 6. The first kappa shape index (κ1) is 22.1. The van der Waals surface area contributed by atoms with Crippen LogP contribution in [0.4, 0.5) is 5.69 Å². The van der Waals surface area contributed by atoms with E-state index in [0.29, 0.717) is 35.9 Å². The summed E-state index contributed by atoms with van der Waals surface area (Å²) in [5.41, 5.74) is 1.42. The summed E-state index contributed by atoms with van der Waals surface area (Å²) >= 11 is 0. The van der Waals surface area contributed by atoms with Gasteiger partial charge in [0, 0.05) is 24.0 Å². The fourth-order valence-electron chi connectivity index (χ4n) is 3.60. The molecule has 3 aromatic rings. The van der Waals surface area contributed by atoms with Crippen LogP contribution in [-0.4, -0.2) is 59.2 Å². The number of amides is 1. The van der Waals surface area contributed by atoms with Crippen LogP contribution < -0.4 is 14.8 Å². The van der Waals surface area contributed by atoms with Crippen LogP contribution in [0.15, 0.2) is 45.7 Å². The predicted molar refractivity (Wildman–Crippen MR) is 118 cm³/mol. The number of hydrogen-bond acceptors (Lipinski definition) is 7. The van der Waals surface area contributed by atoms with Crippen molar-refractivity contribution >= 4 is 32.6 Å². The third-order valence-electron chi connectivity index (χ3n) is 5.38. The second-order valence-electron chi connectivity index (χ2n) is 7.25. The van der Waals surface area contributed by atoms with E-state index in [1.807, 2.05) is 0 Å².